The molecule has 1 aromatic carbocycles. The minimum Gasteiger partial charge on any atom is -0.379 e. The van der Waals surface area contributed by atoms with E-state index in [0.717, 1.165) is 44.7 Å². The average molecular weight is 380 g/mol. The van der Waals surface area contributed by atoms with Crippen molar-refractivity contribution >= 4 is 18.3 Å². The van der Waals surface area contributed by atoms with E-state index in [0.29, 0.717) is 24.0 Å². The van der Waals surface area contributed by atoms with Gasteiger partial charge in [-0.1, -0.05) is 18.6 Å². The summed E-state index contributed by atoms with van der Waals surface area (Å²) >= 11 is 0. The molecule has 4 rings (SSSR count). The summed E-state index contributed by atoms with van der Waals surface area (Å²) in [5.41, 5.74) is 1.96. The van der Waals surface area contributed by atoms with Gasteiger partial charge in [0.2, 0.25) is 0 Å². The Morgan fingerprint density at radius 1 is 1.23 bits per heavy atom. The molecule has 6 heteroatoms. The Morgan fingerprint density at radius 2 is 2.12 bits per heavy atom. The van der Waals surface area contributed by atoms with E-state index in [1.807, 2.05) is 18.2 Å². The van der Waals surface area contributed by atoms with E-state index in [4.69, 9.17) is 4.74 Å². The molecule has 2 aliphatic carbocycles. The first-order valence-electron chi connectivity index (χ1n) is 9.74. The van der Waals surface area contributed by atoms with Gasteiger partial charge in [-0.15, -0.1) is 12.4 Å². The first-order chi connectivity index (χ1) is 12.3. The molecule has 0 bridgehead atoms. The van der Waals surface area contributed by atoms with Gasteiger partial charge in [0.25, 0.3) is 5.91 Å². The quantitative estimate of drug-likeness (QED) is 0.709. The minimum atomic E-state index is 0. The average Bonchev–Trinajstić information content (AvgIpc) is 3.34. The van der Waals surface area contributed by atoms with Crippen LogP contribution in [0.4, 0.5) is 0 Å². The number of ether oxygens (including phenoxy) is 1. The lowest BCUT2D eigenvalue weighted by Gasteiger charge is -2.33. The molecule has 1 aromatic rings. The Bertz CT molecular complexity index is 602. The summed E-state index contributed by atoms with van der Waals surface area (Å²) in [4.78, 5) is 12.2. The Labute approximate surface area is 162 Å². The summed E-state index contributed by atoms with van der Waals surface area (Å²) in [6.45, 7) is 3.45. The predicted molar refractivity (Wildman–Crippen MR) is 105 cm³/mol. The van der Waals surface area contributed by atoms with Crippen molar-refractivity contribution in [3.63, 3.8) is 0 Å². The topological polar surface area (TPSA) is 62.4 Å². The molecule has 1 saturated heterocycles. The van der Waals surface area contributed by atoms with Crippen molar-refractivity contribution in [2.75, 3.05) is 19.8 Å². The number of halogens is 1. The second-order valence-corrected chi connectivity index (χ2v) is 7.67. The fourth-order valence-electron chi connectivity index (χ4n) is 4.15. The summed E-state index contributed by atoms with van der Waals surface area (Å²) in [7, 11) is 0. The van der Waals surface area contributed by atoms with Crippen LogP contribution in [0.3, 0.4) is 0 Å². The molecule has 3 N–H and O–H groups in total. The first-order valence-corrected chi connectivity index (χ1v) is 9.74. The van der Waals surface area contributed by atoms with Gasteiger partial charge in [-0.3, -0.25) is 4.79 Å². The van der Waals surface area contributed by atoms with Crippen LogP contribution in [-0.4, -0.2) is 43.8 Å². The highest BCUT2D eigenvalue weighted by atomic mass is 35.5. The molecule has 3 aliphatic rings. The fourth-order valence-corrected chi connectivity index (χ4v) is 4.15. The summed E-state index contributed by atoms with van der Waals surface area (Å²) in [6, 6.07) is 9.43. The van der Waals surface area contributed by atoms with Gasteiger partial charge in [-0.25, -0.2) is 0 Å². The summed E-state index contributed by atoms with van der Waals surface area (Å²) in [5, 5.41) is 10.4. The molecule has 1 amide bonds. The van der Waals surface area contributed by atoms with Gasteiger partial charge < -0.3 is 20.7 Å². The number of morpholine rings is 1. The largest absolute Gasteiger partial charge is 0.379 e. The smallest absolute Gasteiger partial charge is 0.251 e. The lowest BCUT2D eigenvalue weighted by atomic mass is 9.94. The van der Waals surface area contributed by atoms with E-state index >= 15 is 0 Å². The number of carbonyl (C=O) groups is 1. The second-order valence-electron chi connectivity index (χ2n) is 7.67. The van der Waals surface area contributed by atoms with Crippen molar-refractivity contribution in [3.05, 3.63) is 35.4 Å². The van der Waals surface area contributed by atoms with E-state index in [1.54, 1.807) is 0 Å². The molecular formula is C20H30ClN3O2. The Hall–Kier alpha value is -1.14. The molecule has 0 aromatic heterocycles. The van der Waals surface area contributed by atoms with Crippen molar-refractivity contribution in [1.29, 1.82) is 0 Å². The molecule has 3 unspecified atom stereocenters. The molecule has 1 heterocycles. The van der Waals surface area contributed by atoms with Crippen LogP contribution >= 0.6 is 12.4 Å². The normalized spacial score (nSPS) is 28.4. The lowest BCUT2D eigenvalue weighted by Crippen LogP contribution is -2.50. The zero-order valence-corrected chi connectivity index (χ0v) is 16.0. The van der Waals surface area contributed by atoms with E-state index in [9.17, 15) is 4.79 Å². The molecule has 1 aliphatic heterocycles. The van der Waals surface area contributed by atoms with Gasteiger partial charge in [-0.05, 0) is 49.3 Å². The second kappa shape index (κ2) is 9.18. The van der Waals surface area contributed by atoms with Gasteiger partial charge in [0.1, 0.15) is 0 Å². The zero-order chi connectivity index (χ0) is 17.1. The van der Waals surface area contributed by atoms with Crippen molar-refractivity contribution in [2.45, 2.75) is 56.8 Å². The molecule has 3 fully saturated rings. The van der Waals surface area contributed by atoms with E-state index in [-0.39, 0.29) is 18.3 Å². The van der Waals surface area contributed by atoms with Crippen molar-refractivity contribution in [1.82, 2.24) is 16.0 Å². The van der Waals surface area contributed by atoms with Gasteiger partial charge in [0.15, 0.2) is 0 Å². The molecule has 0 spiro atoms. The number of amides is 1. The summed E-state index contributed by atoms with van der Waals surface area (Å²) in [6.07, 6.45) is 6.02. The van der Waals surface area contributed by atoms with Gasteiger partial charge in [0.05, 0.1) is 13.2 Å². The van der Waals surface area contributed by atoms with Gasteiger partial charge in [0, 0.05) is 36.8 Å². The highest BCUT2D eigenvalue weighted by Crippen LogP contribution is 2.29. The standard InChI is InChI=1S/C20H29N3O2.ClH/c24-20(23-16-7-8-16)15-4-1-3-14(11-15)12-22-18-6-2-5-17(18)19-13-25-10-9-21-19;/h1,3-4,11,16-19,21-22H,2,5-10,12-13H2,(H,23,24);1H. The van der Waals surface area contributed by atoms with E-state index in [1.165, 1.54) is 24.8 Å². The number of nitrogens with one attached hydrogen (secondary N) is 3. The van der Waals surface area contributed by atoms with Gasteiger partial charge >= 0.3 is 0 Å². The highest BCUT2D eigenvalue weighted by Gasteiger charge is 2.34. The monoisotopic (exact) mass is 379 g/mol. The third-order valence-corrected chi connectivity index (χ3v) is 5.71. The van der Waals surface area contributed by atoms with Gasteiger partial charge in [-0.2, -0.15) is 0 Å². The van der Waals surface area contributed by atoms with Crippen molar-refractivity contribution in [3.8, 4) is 0 Å². The van der Waals surface area contributed by atoms with E-state index in [2.05, 4.69) is 22.0 Å². The Morgan fingerprint density at radius 3 is 2.88 bits per heavy atom. The van der Waals surface area contributed by atoms with Crippen LogP contribution in [-0.2, 0) is 11.3 Å². The van der Waals surface area contributed by atoms with E-state index < -0.39 is 0 Å². The van der Waals surface area contributed by atoms with Crippen LogP contribution in [0.15, 0.2) is 24.3 Å². The summed E-state index contributed by atoms with van der Waals surface area (Å²) in [5.74, 6) is 0.702. The molecule has 144 valence electrons. The predicted octanol–water partition coefficient (Wildman–Crippen LogP) is 2.25. The molecule has 3 atom stereocenters. The first kappa shape index (κ1) is 19.6. The SMILES string of the molecule is Cl.O=C(NC1CC1)c1cccc(CNC2CCCC2C2COCCN2)c1. The molecule has 5 nitrogen and oxygen atoms in total. The van der Waals surface area contributed by atoms with Crippen LogP contribution in [0.2, 0.25) is 0 Å². The molecular weight excluding hydrogens is 350 g/mol. The Balaban J connectivity index is 0.00000196. The zero-order valence-electron chi connectivity index (χ0n) is 15.2. The van der Waals surface area contributed by atoms with Crippen LogP contribution in [0, 0.1) is 5.92 Å². The Kier molecular flexibility index (Phi) is 6.92. The van der Waals surface area contributed by atoms with Crippen LogP contribution in [0.1, 0.15) is 48.0 Å². The van der Waals surface area contributed by atoms with Crippen molar-refractivity contribution in [2.24, 2.45) is 5.92 Å². The third kappa shape index (κ3) is 4.97. The maximum atomic E-state index is 12.2. The summed E-state index contributed by atoms with van der Waals surface area (Å²) < 4.78 is 5.65. The number of rotatable bonds is 6. The molecule has 26 heavy (non-hydrogen) atoms. The lowest BCUT2D eigenvalue weighted by molar-refractivity contribution is 0.0524. The van der Waals surface area contributed by atoms with Crippen LogP contribution < -0.4 is 16.0 Å². The third-order valence-electron chi connectivity index (χ3n) is 5.71. The number of carbonyl (C=O) groups excluding carboxylic acids is 1. The fraction of sp³-hybridized carbons (Fsp3) is 0.650. The number of benzene rings is 1. The maximum absolute atomic E-state index is 12.2. The number of hydrogen-bond acceptors (Lipinski definition) is 4. The maximum Gasteiger partial charge on any atom is 0.251 e. The molecule has 0 radical (unpaired) electrons. The number of hydrogen-bond donors (Lipinski definition) is 3. The van der Waals surface area contributed by atoms with Crippen LogP contribution in [0.5, 0.6) is 0 Å². The van der Waals surface area contributed by atoms with Crippen LogP contribution in [0.25, 0.3) is 0 Å². The highest BCUT2D eigenvalue weighted by molar-refractivity contribution is 5.94. The molecule has 2 saturated carbocycles. The van der Waals surface area contributed by atoms with Crippen molar-refractivity contribution < 1.29 is 9.53 Å². The minimum absolute atomic E-state index is 0.